The van der Waals surface area contributed by atoms with E-state index in [1.807, 2.05) is 0 Å². The molecule has 1 aliphatic heterocycles. The van der Waals surface area contributed by atoms with Crippen molar-refractivity contribution in [3.8, 4) is 5.75 Å². The van der Waals surface area contributed by atoms with E-state index < -0.39 is 30.0 Å². The summed E-state index contributed by atoms with van der Waals surface area (Å²) in [4.78, 5) is 35.6. The second-order valence-corrected chi connectivity index (χ2v) is 6.47. The molecule has 0 aromatic heterocycles. The van der Waals surface area contributed by atoms with Gasteiger partial charge in [0.25, 0.3) is 0 Å². The topological polar surface area (TPSA) is 133 Å². The summed E-state index contributed by atoms with van der Waals surface area (Å²) < 4.78 is 5.72. The van der Waals surface area contributed by atoms with Crippen molar-refractivity contribution < 1.29 is 24.2 Å². The Morgan fingerprint density at radius 3 is 2.70 bits per heavy atom. The molecule has 0 saturated heterocycles. The Kier molecular flexibility index (Phi) is 4.28. The van der Waals surface area contributed by atoms with Gasteiger partial charge in [-0.25, -0.2) is 0 Å². The fraction of sp³-hybridized carbons (Fsp3) is 0.438. The predicted octanol–water partition coefficient (Wildman–Crippen LogP) is 0.474. The number of Topliss-reactive ketones (excluding diaryl/α,β-unsaturated/α-hetero) is 2. The van der Waals surface area contributed by atoms with E-state index in [1.165, 1.54) is 12.1 Å². The first-order chi connectivity index (χ1) is 10.6. The monoisotopic (exact) mass is 320 g/mol. The van der Waals surface area contributed by atoms with E-state index in [-0.39, 0.29) is 29.0 Å². The lowest BCUT2D eigenvalue weighted by atomic mass is 9.88. The van der Waals surface area contributed by atoms with E-state index in [2.05, 4.69) is 0 Å². The van der Waals surface area contributed by atoms with Gasteiger partial charge in [0.15, 0.2) is 11.6 Å². The summed E-state index contributed by atoms with van der Waals surface area (Å²) in [6.45, 7) is 2.91. The third-order valence-corrected chi connectivity index (χ3v) is 3.78. The van der Waals surface area contributed by atoms with Crippen molar-refractivity contribution in [3.63, 3.8) is 0 Å². The number of carbonyl (C=O) groups is 3. The second kappa shape index (κ2) is 5.75. The van der Waals surface area contributed by atoms with Gasteiger partial charge in [-0.05, 0) is 26.0 Å². The SMILES string of the molecule is CC1(C)CC(=O)c2c(ccc(C(=O)C[C@@](N)(C=O)CO)c2N)O1. The number of fused-ring (bicyclic) bond motifs is 1. The van der Waals surface area contributed by atoms with Gasteiger partial charge in [-0.15, -0.1) is 0 Å². The molecule has 0 bridgehead atoms. The summed E-state index contributed by atoms with van der Waals surface area (Å²) in [7, 11) is 0. The zero-order valence-electron chi connectivity index (χ0n) is 13.1. The van der Waals surface area contributed by atoms with Crippen LogP contribution in [0.1, 0.15) is 47.4 Å². The maximum atomic E-state index is 12.3. The average Bonchev–Trinajstić information content (AvgIpc) is 2.45. The summed E-state index contributed by atoms with van der Waals surface area (Å²) in [5, 5.41) is 9.13. The van der Waals surface area contributed by atoms with Gasteiger partial charge in [0.2, 0.25) is 0 Å². The Hall–Kier alpha value is -2.25. The van der Waals surface area contributed by atoms with Crippen LogP contribution in [0.25, 0.3) is 0 Å². The summed E-state index contributed by atoms with van der Waals surface area (Å²) in [5.74, 6) is -0.400. The highest BCUT2D eigenvalue weighted by Gasteiger charge is 2.36. The molecule has 1 aromatic carbocycles. The van der Waals surface area contributed by atoms with Crippen LogP contribution < -0.4 is 16.2 Å². The molecule has 1 atom stereocenters. The van der Waals surface area contributed by atoms with Crippen LogP contribution in [0.15, 0.2) is 12.1 Å². The number of hydrogen-bond donors (Lipinski definition) is 3. The number of nitrogen functional groups attached to an aromatic ring is 1. The summed E-state index contributed by atoms with van der Waals surface area (Å²) in [5.41, 5.74) is 9.56. The fourth-order valence-corrected chi connectivity index (χ4v) is 2.55. The smallest absolute Gasteiger partial charge is 0.172 e. The lowest BCUT2D eigenvalue weighted by Gasteiger charge is -2.32. The molecule has 0 unspecified atom stereocenters. The van der Waals surface area contributed by atoms with Gasteiger partial charge in [0.05, 0.1) is 24.3 Å². The zero-order valence-corrected chi connectivity index (χ0v) is 13.1. The molecule has 1 aliphatic rings. The molecule has 1 heterocycles. The fourth-order valence-electron chi connectivity index (χ4n) is 2.55. The Labute approximate surface area is 133 Å². The van der Waals surface area contributed by atoms with Crippen molar-refractivity contribution in [2.75, 3.05) is 12.3 Å². The molecule has 0 spiro atoms. The molecule has 0 amide bonds. The first-order valence-corrected chi connectivity index (χ1v) is 7.16. The van der Waals surface area contributed by atoms with Crippen LogP contribution in [0.3, 0.4) is 0 Å². The number of ketones is 2. The highest BCUT2D eigenvalue weighted by molar-refractivity contribution is 6.11. The lowest BCUT2D eigenvalue weighted by Crippen LogP contribution is -2.47. The van der Waals surface area contributed by atoms with Crippen LogP contribution in [0.5, 0.6) is 5.75 Å². The molecule has 0 aliphatic carbocycles. The number of rotatable bonds is 5. The number of anilines is 1. The normalized spacial score (nSPS) is 18.5. The van der Waals surface area contributed by atoms with Gasteiger partial charge in [-0.3, -0.25) is 9.59 Å². The van der Waals surface area contributed by atoms with Crippen molar-refractivity contribution >= 4 is 23.5 Å². The number of ether oxygens (including phenoxy) is 1. The van der Waals surface area contributed by atoms with E-state index in [0.717, 1.165) is 0 Å². The maximum Gasteiger partial charge on any atom is 0.172 e. The van der Waals surface area contributed by atoms with Gasteiger partial charge < -0.3 is 26.1 Å². The highest BCUT2D eigenvalue weighted by atomic mass is 16.5. The van der Waals surface area contributed by atoms with Crippen LogP contribution in [0.4, 0.5) is 5.69 Å². The molecule has 0 fully saturated rings. The Morgan fingerprint density at radius 2 is 2.13 bits per heavy atom. The van der Waals surface area contributed by atoms with Crippen LogP contribution >= 0.6 is 0 Å². The van der Waals surface area contributed by atoms with Crippen LogP contribution in [0, 0.1) is 0 Å². The van der Waals surface area contributed by atoms with Gasteiger partial charge in [0, 0.05) is 12.0 Å². The minimum Gasteiger partial charge on any atom is -0.487 e. The number of hydrogen-bond acceptors (Lipinski definition) is 7. The predicted molar refractivity (Wildman–Crippen MR) is 83.5 cm³/mol. The molecule has 7 heteroatoms. The zero-order chi connectivity index (χ0) is 17.4. The number of aldehydes is 1. The van der Waals surface area contributed by atoms with Crippen molar-refractivity contribution in [2.24, 2.45) is 5.73 Å². The van der Waals surface area contributed by atoms with Crippen molar-refractivity contribution in [3.05, 3.63) is 23.3 Å². The van der Waals surface area contributed by atoms with Crippen LogP contribution in [-0.4, -0.2) is 40.7 Å². The second-order valence-electron chi connectivity index (χ2n) is 6.47. The number of nitrogens with two attached hydrogens (primary N) is 2. The van der Waals surface area contributed by atoms with E-state index in [9.17, 15) is 14.4 Å². The number of carbonyl (C=O) groups excluding carboxylic acids is 3. The first-order valence-electron chi connectivity index (χ1n) is 7.16. The quantitative estimate of drug-likeness (QED) is 0.408. The highest BCUT2D eigenvalue weighted by Crippen LogP contribution is 2.38. The summed E-state index contributed by atoms with van der Waals surface area (Å²) >= 11 is 0. The molecule has 124 valence electrons. The van der Waals surface area contributed by atoms with Gasteiger partial charge in [-0.1, -0.05) is 0 Å². The molecular formula is C16H20N2O5. The minimum absolute atomic E-state index is 0.0131. The van der Waals surface area contributed by atoms with Crippen LogP contribution in [0.2, 0.25) is 0 Å². The molecule has 2 rings (SSSR count). The van der Waals surface area contributed by atoms with Crippen molar-refractivity contribution in [1.82, 2.24) is 0 Å². The summed E-state index contributed by atoms with van der Waals surface area (Å²) in [6, 6.07) is 2.95. The van der Waals surface area contributed by atoms with E-state index in [1.54, 1.807) is 13.8 Å². The third-order valence-electron chi connectivity index (χ3n) is 3.78. The number of aliphatic hydroxyl groups is 1. The molecular weight excluding hydrogens is 300 g/mol. The average molecular weight is 320 g/mol. The summed E-state index contributed by atoms with van der Waals surface area (Å²) in [6.07, 6.45) is 0.0699. The Balaban J connectivity index is 2.40. The third kappa shape index (κ3) is 3.25. The first kappa shape index (κ1) is 17.1. The molecule has 1 aromatic rings. The van der Waals surface area contributed by atoms with Gasteiger partial charge in [-0.2, -0.15) is 0 Å². The lowest BCUT2D eigenvalue weighted by molar-refractivity contribution is -0.113. The molecule has 0 radical (unpaired) electrons. The molecule has 23 heavy (non-hydrogen) atoms. The number of benzene rings is 1. The van der Waals surface area contributed by atoms with Crippen molar-refractivity contribution in [2.45, 2.75) is 37.8 Å². The number of aliphatic hydroxyl groups excluding tert-OH is 1. The molecule has 0 saturated carbocycles. The van der Waals surface area contributed by atoms with Crippen LogP contribution in [-0.2, 0) is 4.79 Å². The van der Waals surface area contributed by atoms with Crippen molar-refractivity contribution in [1.29, 1.82) is 0 Å². The molecule has 7 nitrogen and oxygen atoms in total. The standard InChI is InChI=1S/C16H20N2O5/c1-15(2)5-11(22)13-12(23-15)4-3-9(14(13)17)10(21)6-16(18,7-19)8-20/h3-4,7,20H,5-6,8,17-18H2,1-2H3/t16-/m1/s1. The van der Waals surface area contributed by atoms with Gasteiger partial charge in [0.1, 0.15) is 23.2 Å². The Bertz CT molecular complexity index is 683. The molecule has 5 N–H and O–H groups in total. The minimum atomic E-state index is -1.66. The maximum absolute atomic E-state index is 12.3. The van der Waals surface area contributed by atoms with E-state index in [0.29, 0.717) is 12.0 Å². The Morgan fingerprint density at radius 1 is 1.48 bits per heavy atom. The largest absolute Gasteiger partial charge is 0.487 e. The van der Waals surface area contributed by atoms with E-state index in [4.69, 9.17) is 21.3 Å². The van der Waals surface area contributed by atoms with E-state index >= 15 is 0 Å². The van der Waals surface area contributed by atoms with Gasteiger partial charge >= 0.3 is 0 Å².